The number of hydrogen-bond donors (Lipinski definition) is 2. The van der Waals surface area contributed by atoms with Gasteiger partial charge in [0.15, 0.2) is 11.5 Å². The van der Waals surface area contributed by atoms with E-state index in [1.807, 2.05) is 48.5 Å². The van der Waals surface area contributed by atoms with Gasteiger partial charge in [0, 0.05) is 19.5 Å². The van der Waals surface area contributed by atoms with E-state index in [1.165, 1.54) is 0 Å². The molecule has 0 radical (unpaired) electrons. The Morgan fingerprint density at radius 2 is 1.91 bits per heavy atom. The number of carbonyl (C=O) groups excluding carboxylic acids is 1. The van der Waals surface area contributed by atoms with E-state index in [1.54, 1.807) is 14.2 Å². The van der Waals surface area contributed by atoms with Gasteiger partial charge in [-0.2, -0.15) is 0 Å². The minimum Gasteiger partial charge on any atom is -0.493 e. The molecule has 0 aromatic heterocycles. The molecule has 1 unspecified atom stereocenters. The molecule has 0 aliphatic heterocycles. The van der Waals surface area contributed by atoms with Gasteiger partial charge >= 0.3 is 0 Å². The van der Waals surface area contributed by atoms with Gasteiger partial charge < -0.3 is 20.5 Å². The summed E-state index contributed by atoms with van der Waals surface area (Å²) >= 11 is 0. The van der Waals surface area contributed by atoms with Crippen molar-refractivity contribution in [3.8, 4) is 11.5 Å². The normalized spacial score (nSPS) is 11.6. The van der Waals surface area contributed by atoms with Crippen molar-refractivity contribution in [2.24, 2.45) is 5.73 Å². The van der Waals surface area contributed by atoms with Gasteiger partial charge in [-0.3, -0.25) is 4.79 Å². The fourth-order valence-corrected chi connectivity index (χ4v) is 2.19. The summed E-state index contributed by atoms with van der Waals surface area (Å²) in [5.41, 5.74) is 7.96. The van der Waals surface area contributed by atoms with Crippen LogP contribution in [0.2, 0.25) is 0 Å². The third-order valence-electron chi connectivity index (χ3n) is 3.54. The lowest BCUT2D eigenvalue weighted by atomic mass is 10.0. The maximum atomic E-state index is 11.4. The number of ether oxygens (including phenoxy) is 2. The minimum absolute atomic E-state index is 0.0964. The number of rotatable bonds is 7. The molecule has 0 aliphatic rings. The van der Waals surface area contributed by atoms with E-state index < -0.39 is 0 Å². The summed E-state index contributed by atoms with van der Waals surface area (Å²) in [5, 5.41) is 2.57. The Morgan fingerprint density at radius 3 is 2.57 bits per heavy atom. The Hall–Kier alpha value is -2.53. The van der Waals surface area contributed by atoms with Crippen LogP contribution in [0.4, 0.5) is 0 Å². The van der Waals surface area contributed by atoms with Gasteiger partial charge in [-0.15, -0.1) is 0 Å². The van der Waals surface area contributed by atoms with Crippen LogP contribution in [0.3, 0.4) is 0 Å². The third-order valence-corrected chi connectivity index (χ3v) is 3.54. The number of nitrogens with two attached hydrogens (primary N) is 1. The zero-order valence-corrected chi connectivity index (χ0v) is 13.4. The fourth-order valence-electron chi connectivity index (χ4n) is 2.19. The van der Waals surface area contributed by atoms with Crippen LogP contribution >= 0.6 is 0 Å². The molecule has 122 valence electrons. The van der Waals surface area contributed by atoms with Gasteiger partial charge in [-0.25, -0.2) is 0 Å². The molecule has 23 heavy (non-hydrogen) atoms. The Kier molecular flexibility index (Phi) is 6.00. The smallest absolute Gasteiger partial charge is 0.221 e. The van der Waals surface area contributed by atoms with E-state index in [2.05, 4.69) is 5.32 Å². The van der Waals surface area contributed by atoms with Crippen molar-refractivity contribution in [2.75, 3.05) is 14.2 Å². The second-order valence-corrected chi connectivity index (χ2v) is 5.17. The quantitative estimate of drug-likeness (QED) is 0.823. The minimum atomic E-state index is -0.382. The molecule has 1 amide bonds. The summed E-state index contributed by atoms with van der Waals surface area (Å²) < 4.78 is 11.2. The lowest BCUT2D eigenvalue weighted by Gasteiger charge is -2.15. The second-order valence-electron chi connectivity index (χ2n) is 5.17. The van der Waals surface area contributed by atoms with Crippen LogP contribution in [-0.4, -0.2) is 20.1 Å². The van der Waals surface area contributed by atoms with Gasteiger partial charge in [0.2, 0.25) is 5.91 Å². The highest BCUT2D eigenvalue weighted by Crippen LogP contribution is 2.31. The molecule has 0 saturated heterocycles. The van der Waals surface area contributed by atoms with E-state index in [0.717, 1.165) is 11.1 Å². The molecule has 3 N–H and O–H groups in total. The number of nitrogens with one attached hydrogen (secondary N) is 1. The largest absolute Gasteiger partial charge is 0.493 e. The first-order chi connectivity index (χ1) is 11.1. The molecule has 0 spiro atoms. The van der Waals surface area contributed by atoms with Crippen LogP contribution in [-0.2, 0) is 11.4 Å². The van der Waals surface area contributed by atoms with Crippen LogP contribution < -0.4 is 20.5 Å². The molecule has 0 saturated carbocycles. The molecule has 0 bridgehead atoms. The Morgan fingerprint density at radius 1 is 1.17 bits per heavy atom. The highest BCUT2D eigenvalue weighted by Gasteiger charge is 2.14. The molecule has 0 aliphatic carbocycles. The number of benzene rings is 2. The first-order valence-electron chi connectivity index (χ1n) is 7.45. The second kappa shape index (κ2) is 8.19. The molecule has 2 aromatic carbocycles. The molecular weight excluding hydrogens is 292 g/mol. The van der Waals surface area contributed by atoms with Crippen molar-refractivity contribution in [1.82, 2.24) is 5.32 Å². The molecule has 1 atom stereocenters. The standard InChI is InChI=1S/C18H22N2O3/c1-20-18(21)11-15(19)14-8-9-16(17(10-14)22-2)23-12-13-6-4-3-5-7-13/h3-10,15H,11-12,19H2,1-2H3,(H,20,21). The zero-order valence-electron chi connectivity index (χ0n) is 13.4. The summed E-state index contributed by atoms with van der Waals surface area (Å²) in [6.07, 6.45) is 0.226. The lowest BCUT2D eigenvalue weighted by molar-refractivity contribution is -0.120. The topological polar surface area (TPSA) is 73.6 Å². The predicted molar refractivity (Wildman–Crippen MR) is 89.4 cm³/mol. The van der Waals surface area contributed by atoms with E-state index in [4.69, 9.17) is 15.2 Å². The average Bonchev–Trinajstić information content (AvgIpc) is 2.60. The van der Waals surface area contributed by atoms with Crippen LogP contribution in [0.15, 0.2) is 48.5 Å². The SMILES string of the molecule is CNC(=O)CC(N)c1ccc(OCc2ccccc2)c(OC)c1. The van der Waals surface area contributed by atoms with E-state index in [9.17, 15) is 4.79 Å². The van der Waals surface area contributed by atoms with Crippen LogP contribution in [0.1, 0.15) is 23.6 Å². The maximum Gasteiger partial charge on any atom is 0.221 e. The number of hydrogen-bond acceptors (Lipinski definition) is 4. The average molecular weight is 314 g/mol. The van der Waals surface area contributed by atoms with E-state index >= 15 is 0 Å². The fraction of sp³-hybridized carbons (Fsp3) is 0.278. The van der Waals surface area contributed by atoms with Crippen molar-refractivity contribution in [2.45, 2.75) is 19.1 Å². The molecule has 5 nitrogen and oxygen atoms in total. The van der Waals surface area contributed by atoms with Crippen molar-refractivity contribution >= 4 is 5.91 Å². The lowest BCUT2D eigenvalue weighted by Crippen LogP contribution is -2.24. The monoisotopic (exact) mass is 314 g/mol. The van der Waals surface area contributed by atoms with Gasteiger partial charge in [-0.1, -0.05) is 36.4 Å². The van der Waals surface area contributed by atoms with Crippen LogP contribution in [0, 0.1) is 0 Å². The highest BCUT2D eigenvalue weighted by molar-refractivity contribution is 5.76. The molecule has 2 aromatic rings. The molecule has 0 fully saturated rings. The summed E-state index contributed by atoms with van der Waals surface area (Å²) in [6.45, 7) is 0.459. The van der Waals surface area contributed by atoms with Gasteiger partial charge in [0.05, 0.1) is 7.11 Å². The predicted octanol–water partition coefficient (Wildman–Crippen LogP) is 2.41. The van der Waals surface area contributed by atoms with E-state index in [0.29, 0.717) is 18.1 Å². The Balaban J connectivity index is 2.08. The summed E-state index contributed by atoms with van der Waals surface area (Å²) in [4.78, 5) is 11.4. The van der Waals surface area contributed by atoms with Gasteiger partial charge in [0.25, 0.3) is 0 Å². The molecule has 0 heterocycles. The first-order valence-corrected chi connectivity index (χ1v) is 7.45. The summed E-state index contributed by atoms with van der Waals surface area (Å²) in [6, 6.07) is 15.0. The molecule has 5 heteroatoms. The number of carbonyl (C=O) groups is 1. The number of methoxy groups -OCH3 is 1. The summed E-state index contributed by atoms with van der Waals surface area (Å²) in [5.74, 6) is 1.15. The number of amides is 1. The highest BCUT2D eigenvalue weighted by atomic mass is 16.5. The zero-order chi connectivity index (χ0) is 16.7. The first kappa shape index (κ1) is 16.8. The van der Waals surface area contributed by atoms with Crippen molar-refractivity contribution < 1.29 is 14.3 Å². The van der Waals surface area contributed by atoms with Crippen LogP contribution in [0.25, 0.3) is 0 Å². The van der Waals surface area contributed by atoms with Crippen molar-refractivity contribution in [3.05, 3.63) is 59.7 Å². The molecular formula is C18H22N2O3. The summed E-state index contributed by atoms with van der Waals surface area (Å²) in [7, 11) is 3.18. The van der Waals surface area contributed by atoms with E-state index in [-0.39, 0.29) is 18.4 Å². The Bertz CT molecular complexity index is 644. The van der Waals surface area contributed by atoms with Crippen molar-refractivity contribution in [1.29, 1.82) is 0 Å². The third kappa shape index (κ3) is 4.72. The van der Waals surface area contributed by atoms with Crippen molar-refractivity contribution in [3.63, 3.8) is 0 Å². The van der Waals surface area contributed by atoms with Gasteiger partial charge in [0.1, 0.15) is 6.61 Å². The van der Waals surface area contributed by atoms with Gasteiger partial charge in [-0.05, 0) is 23.3 Å². The van der Waals surface area contributed by atoms with Crippen LogP contribution in [0.5, 0.6) is 11.5 Å². The molecule has 2 rings (SSSR count). The maximum absolute atomic E-state index is 11.4. The Labute approximate surface area is 136 Å².